The van der Waals surface area contributed by atoms with Gasteiger partial charge in [-0.1, -0.05) is 51.9 Å². The van der Waals surface area contributed by atoms with Gasteiger partial charge in [0.25, 0.3) is 0 Å². The van der Waals surface area contributed by atoms with Crippen LogP contribution >= 0.6 is 7.82 Å². The van der Waals surface area contributed by atoms with E-state index in [0.29, 0.717) is 6.42 Å². The molecule has 1 rings (SSSR count). The molecule has 3 N–H and O–H groups in total. The highest BCUT2D eigenvalue weighted by molar-refractivity contribution is 7.46. The molecular formula is C16H32NO5P. The van der Waals surface area contributed by atoms with Crippen molar-refractivity contribution in [2.24, 2.45) is 5.92 Å². The first-order valence-corrected chi connectivity index (χ1v) is 10.4. The Bertz CT molecular complexity index is 379. The van der Waals surface area contributed by atoms with Gasteiger partial charge in [-0.2, -0.15) is 0 Å². The van der Waals surface area contributed by atoms with E-state index in [1.807, 2.05) is 0 Å². The Morgan fingerprint density at radius 3 is 2.43 bits per heavy atom. The largest absolute Gasteiger partial charge is 0.469 e. The molecule has 7 heteroatoms. The van der Waals surface area contributed by atoms with Gasteiger partial charge in [-0.05, 0) is 25.2 Å². The zero-order valence-corrected chi connectivity index (χ0v) is 15.1. The first-order valence-electron chi connectivity index (χ1n) is 8.92. The van der Waals surface area contributed by atoms with Crippen molar-refractivity contribution >= 4 is 13.7 Å². The van der Waals surface area contributed by atoms with Crippen molar-refractivity contribution in [2.75, 3.05) is 6.61 Å². The Hall–Kier alpha value is -0.420. The number of unbranched alkanes of at least 4 members (excludes halogenated alkanes) is 4. The lowest BCUT2D eigenvalue weighted by Crippen LogP contribution is -2.44. The molecule has 1 saturated carbocycles. The first-order chi connectivity index (χ1) is 10.9. The normalized spacial score (nSPS) is 17.9. The van der Waals surface area contributed by atoms with Crippen LogP contribution in [0.25, 0.3) is 0 Å². The molecule has 0 aromatic rings. The molecule has 0 heterocycles. The van der Waals surface area contributed by atoms with Crippen LogP contribution < -0.4 is 5.32 Å². The summed E-state index contributed by atoms with van der Waals surface area (Å²) in [7, 11) is -4.50. The topological polar surface area (TPSA) is 95.9 Å². The number of hydrogen-bond acceptors (Lipinski definition) is 3. The number of carbonyl (C=O) groups excluding carboxylic acids is 1. The molecule has 1 aliphatic carbocycles. The van der Waals surface area contributed by atoms with E-state index in [1.165, 1.54) is 19.3 Å². The highest BCUT2D eigenvalue weighted by Crippen LogP contribution is 2.37. The zero-order chi connectivity index (χ0) is 17.1. The maximum Gasteiger partial charge on any atom is 0.469 e. The summed E-state index contributed by atoms with van der Waals surface area (Å²) < 4.78 is 15.6. The molecule has 1 aliphatic rings. The molecule has 136 valence electrons. The van der Waals surface area contributed by atoms with Crippen LogP contribution in [0.3, 0.4) is 0 Å². The second-order valence-corrected chi connectivity index (χ2v) is 7.76. The Morgan fingerprint density at radius 2 is 1.83 bits per heavy atom. The molecule has 23 heavy (non-hydrogen) atoms. The third kappa shape index (κ3) is 10.1. The lowest BCUT2D eigenvalue weighted by molar-refractivity contribution is -0.122. The van der Waals surface area contributed by atoms with Crippen molar-refractivity contribution in [3.8, 4) is 0 Å². The van der Waals surface area contributed by atoms with Gasteiger partial charge in [-0.3, -0.25) is 9.32 Å². The molecule has 1 unspecified atom stereocenters. The fourth-order valence-electron chi connectivity index (χ4n) is 3.18. The van der Waals surface area contributed by atoms with Crippen LogP contribution in [-0.2, 0) is 13.9 Å². The van der Waals surface area contributed by atoms with Crippen molar-refractivity contribution in [3.05, 3.63) is 0 Å². The van der Waals surface area contributed by atoms with Gasteiger partial charge in [0, 0.05) is 6.42 Å². The molecule has 1 fully saturated rings. The van der Waals surface area contributed by atoms with Gasteiger partial charge in [0.2, 0.25) is 5.91 Å². The standard InChI is InChI=1S/C16H32NO5P/c1-2-3-4-5-9-12-16(18)17-15(13-22-23(19,20)21)14-10-7-6-8-11-14/h14-15H,2-13H2,1H3,(H,17,18)(H2,19,20,21). The lowest BCUT2D eigenvalue weighted by Gasteiger charge is -2.30. The van der Waals surface area contributed by atoms with Crippen molar-refractivity contribution in [3.63, 3.8) is 0 Å². The van der Waals surface area contributed by atoms with E-state index in [-0.39, 0.29) is 24.5 Å². The second kappa shape index (κ2) is 11.2. The van der Waals surface area contributed by atoms with E-state index in [0.717, 1.165) is 44.9 Å². The summed E-state index contributed by atoms with van der Waals surface area (Å²) in [6, 6.07) is -0.300. The van der Waals surface area contributed by atoms with Crippen LogP contribution in [-0.4, -0.2) is 28.3 Å². The van der Waals surface area contributed by atoms with Crippen LogP contribution in [0.5, 0.6) is 0 Å². The Kier molecular flexibility index (Phi) is 10.0. The van der Waals surface area contributed by atoms with Crippen LogP contribution in [0.2, 0.25) is 0 Å². The minimum atomic E-state index is -4.50. The smallest absolute Gasteiger partial charge is 0.351 e. The second-order valence-electron chi connectivity index (χ2n) is 6.52. The fraction of sp³-hybridized carbons (Fsp3) is 0.938. The average Bonchev–Trinajstić information content (AvgIpc) is 2.51. The highest BCUT2D eigenvalue weighted by Gasteiger charge is 2.27. The average molecular weight is 349 g/mol. The molecule has 1 amide bonds. The van der Waals surface area contributed by atoms with E-state index < -0.39 is 7.82 Å². The van der Waals surface area contributed by atoms with Crippen LogP contribution in [0, 0.1) is 5.92 Å². The monoisotopic (exact) mass is 349 g/mol. The maximum atomic E-state index is 12.1. The number of phosphoric ester groups is 1. The van der Waals surface area contributed by atoms with Crippen molar-refractivity contribution in [1.29, 1.82) is 0 Å². The van der Waals surface area contributed by atoms with Crippen molar-refractivity contribution in [2.45, 2.75) is 83.6 Å². The molecule has 0 aliphatic heterocycles. The summed E-state index contributed by atoms with van der Waals surface area (Å²) in [5, 5.41) is 2.94. The molecule has 0 aromatic heterocycles. The zero-order valence-electron chi connectivity index (χ0n) is 14.2. The first kappa shape index (κ1) is 20.6. The number of amides is 1. The number of nitrogens with one attached hydrogen (secondary N) is 1. The molecule has 1 atom stereocenters. The van der Waals surface area contributed by atoms with Crippen molar-refractivity contribution < 1.29 is 23.7 Å². The third-order valence-corrected chi connectivity index (χ3v) is 4.98. The predicted molar refractivity (Wildman–Crippen MR) is 89.9 cm³/mol. The molecule has 6 nitrogen and oxygen atoms in total. The van der Waals surface area contributed by atoms with Gasteiger partial charge in [0.05, 0.1) is 12.6 Å². The van der Waals surface area contributed by atoms with Crippen LogP contribution in [0.4, 0.5) is 0 Å². The highest BCUT2D eigenvalue weighted by atomic mass is 31.2. The van der Waals surface area contributed by atoms with E-state index in [1.54, 1.807) is 0 Å². The number of hydrogen-bond donors (Lipinski definition) is 3. The van der Waals surface area contributed by atoms with E-state index in [4.69, 9.17) is 9.79 Å². The van der Waals surface area contributed by atoms with Gasteiger partial charge < -0.3 is 15.1 Å². The van der Waals surface area contributed by atoms with Gasteiger partial charge in [-0.25, -0.2) is 4.57 Å². The summed E-state index contributed by atoms with van der Waals surface area (Å²) >= 11 is 0. The molecule has 0 saturated heterocycles. The van der Waals surface area contributed by atoms with Crippen LogP contribution in [0.1, 0.15) is 77.6 Å². The van der Waals surface area contributed by atoms with Gasteiger partial charge in [-0.15, -0.1) is 0 Å². The van der Waals surface area contributed by atoms with E-state index >= 15 is 0 Å². The van der Waals surface area contributed by atoms with Gasteiger partial charge >= 0.3 is 7.82 Å². The molecule has 0 bridgehead atoms. The third-order valence-electron chi connectivity index (χ3n) is 4.49. The predicted octanol–water partition coefficient (Wildman–Crippen LogP) is 3.52. The summed E-state index contributed by atoms with van der Waals surface area (Å²) in [5.41, 5.74) is 0. The maximum absolute atomic E-state index is 12.1. The minimum Gasteiger partial charge on any atom is -0.351 e. The lowest BCUT2D eigenvalue weighted by atomic mass is 9.84. The summed E-state index contributed by atoms with van der Waals surface area (Å²) in [5.74, 6) is 0.214. The van der Waals surface area contributed by atoms with Crippen molar-refractivity contribution in [1.82, 2.24) is 5.32 Å². The molecule has 0 radical (unpaired) electrons. The SMILES string of the molecule is CCCCCCCC(=O)NC(COP(=O)(O)O)C1CCCCC1. The van der Waals surface area contributed by atoms with Gasteiger partial charge in [0.1, 0.15) is 0 Å². The Labute approximate surface area is 139 Å². The Balaban J connectivity index is 2.40. The number of carbonyl (C=O) groups is 1. The van der Waals surface area contributed by atoms with Gasteiger partial charge in [0.15, 0.2) is 0 Å². The van der Waals surface area contributed by atoms with E-state index in [2.05, 4.69) is 16.8 Å². The molecular weight excluding hydrogens is 317 g/mol. The van der Waals surface area contributed by atoms with E-state index in [9.17, 15) is 9.36 Å². The van der Waals surface area contributed by atoms with Crippen LogP contribution in [0.15, 0.2) is 0 Å². The quantitative estimate of drug-likeness (QED) is 0.392. The number of phosphoric acid groups is 1. The molecule has 0 spiro atoms. The number of rotatable bonds is 11. The fourth-order valence-corrected chi connectivity index (χ4v) is 3.53. The summed E-state index contributed by atoms with van der Waals surface area (Å²) in [6.07, 6.45) is 11.3. The Morgan fingerprint density at radius 1 is 1.17 bits per heavy atom. The summed E-state index contributed by atoms with van der Waals surface area (Å²) in [4.78, 5) is 29.9. The minimum absolute atomic E-state index is 0.0358. The summed E-state index contributed by atoms with van der Waals surface area (Å²) in [6.45, 7) is 2.04. The molecule has 0 aromatic carbocycles.